The third-order valence-corrected chi connectivity index (χ3v) is 2.81. The van der Waals surface area contributed by atoms with Gasteiger partial charge in [-0.1, -0.05) is 12.1 Å². The Balaban J connectivity index is 2.32. The maximum absolute atomic E-state index is 13.7. The van der Waals surface area contributed by atoms with Crippen LogP contribution in [0.4, 0.5) is 14.5 Å². The summed E-state index contributed by atoms with van der Waals surface area (Å²) in [7, 11) is 0. The predicted molar refractivity (Wildman–Crippen MR) is 65.9 cm³/mol. The minimum Gasteiger partial charge on any atom is -0.397 e. The molecule has 3 N–H and O–H groups in total. The number of aromatic nitrogens is 2. The molecule has 0 unspecified atom stereocenters. The van der Waals surface area contributed by atoms with Gasteiger partial charge in [0.25, 0.3) is 0 Å². The summed E-state index contributed by atoms with van der Waals surface area (Å²) in [6, 6.07) is 8.49. The Morgan fingerprint density at radius 2 is 1.94 bits per heavy atom. The molecule has 18 heavy (non-hydrogen) atoms. The molecule has 90 valence electrons. The summed E-state index contributed by atoms with van der Waals surface area (Å²) in [5, 5.41) is 7.42. The molecule has 0 atom stereocenters. The van der Waals surface area contributed by atoms with Crippen LogP contribution >= 0.6 is 0 Å². The van der Waals surface area contributed by atoms with Gasteiger partial charge in [0.1, 0.15) is 17.3 Å². The summed E-state index contributed by atoms with van der Waals surface area (Å²) >= 11 is 0. The van der Waals surface area contributed by atoms with E-state index < -0.39 is 11.6 Å². The quantitative estimate of drug-likeness (QED) is 0.647. The summed E-state index contributed by atoms with van der Waals surface area (Å²) in [5.74, 6) is -1.03. The van der Waals surface area contributed by atoms with Crippen LogP contribution in [0.1, 0.15) is 0 Å². The molecule has 0 aliphatic carbocycles. The zero-order chi connectivity index (χ0) is 12.7. The summed E-state index contributed by atoms with van der Waals surface area (Å²) in [5.41, 5.74) is 7.39. The lowest BCUT2D eigenvalue weighted by atomic mass is 10.1. The van der Waals surface area contributed by atoms with Gasteiger partial charge in [-0.15, -0.1) is 0 Å². The standard InChI is InChI=1S/C13H9F2N3/c14-7-4-5-10(15)9(6-7)12-8-2-1-3-11(16)13(8)18-17-12/h1-6H,16H2,(H,17,18). The Morgan fingerprint density at radius 3 is 2.78 bits per heavy atom. The van der Waals surface area contributed by atoms with Crippen molar-refractivity contribution in [3.63, 3.8) is 0 Å². The highest BCUT2D eigenvalue weighted by Crippen LogP contribution is 2.30. The van der Waals surface area contributed by atoms with Crippen molar-refractivity contribution in [2.24, 2.45) is 0 Å². The number of hydrogen-bond acceptors (Lipinski definition) is 2. The van der Waals surface area contributed by atoms with Crippen LogP contribution in [0.3, 0.4) is 0 Å². The molecule has 0 aliphatic heterocycles. The molecule has 1 heterocycles. The summed E-state index contributed by atoms with van der Waals surface area (Å²) in [6.45, 7) is 0. The van der Waals surface area contributed by atoms with Crippen LogP contribution in [0.25, 0.3) is 22.2 Å². The molecule has 0 saturated carbocycles. The van der Waals surface area contributed by atoms with E-state index >= 15 is 0 Å². The second-order valence-electron chi connectivity index (χ2n) is 3.97. The van der Waals surface area contributed by atoms with Crippen LogP contribution in [0.15, 0.2) is 36.4 Å². The van der Waals surface area contributed by atoms with Gasteiger partial charge in [0.2, 0.25) is 0 Å². The minimum atomic E-state index is -0.521. The van der Waals surface area contributed by atoms with Gasteiger partial charge >= 0.3 is 0 Å². The topological polar surface area (TPSA) is 54.7 Å². The number of rotatable bonds is 1. The number of aromatic amines is 1. The lowest BCUT2D eigenvalue weighted by Gasteiger charge is -2.01. The fourth-order valence-corrected chi connectivity index (χ4v) is 1.95. The fraction of sp³-hybridized carbons (Fsp3) is 0. The van der Waals surface area contributed by atoms with E-state index in [1.807, 2.05) is 0 Å². The minimum absolute atomic E-state index is 0.117. The molecular weight excluding hydrogens is 236 g/mol. The number of halogens is 2. The molecule has 0 saturated heterocycles. The van der Waals surface area contributed by atoms with Crippen molar-refractivity contribution in [2.75, 3.05) is 5.73 Å². The third kappa shape index (κ3) is 1.52. The molecule has 2 aromatic carbocycles. The molecule has 0 aliphatic rings. The van der Waals surface area contributed by atoms with E-state index in [9.17, 15) is 8.78 Å². The van der Waals surface area contributed by atoms with E-state index in [0.29, 0.717) is 22.3 Å². The molecule has 0 spiro atoms. The number of nitrogen functional groups attached to an aromatic ring is 1. The Hall–Kier alpha value is -2.43. The van der Waals surface area contributed by atoms with E-state index in [1.165, 1.54) is 0 Å². The highest BCUT2D eigenvalue weighted by Gasteiger charge is 2.14. The summed E-state index contributed by atoms with van der Waals surface area (Å²) < 4.78 is 26.9. The predicted octanol–water partition coefficient (Wildman–Crippen LogP) is 3.09. The third-order valence-electron chi connectivity index (χ3n) is 2.81. The van der Waals surface area contributed by atoms with Crippen LogP contribution in [0.5, 0.6) is 0 Å². The first-order chi connectivity index (χ1) is 8.66. The lowest BCUT2D eigenvalue weighted by Crippen LogP contribution is -1.87. The van der Waals surface area contributed by atoms with Crippen molar-refractivity contribution < 1.29 is 8.78 Å². The fourth-order valence-electron chi connectivity index (χ4n) is 1.95. The monoisotopic (exact) mass is 245 g/mol. The number of para-hydroxylation sites is 1. The van der Waals surface area contributed by atoms with E-state index in [1.54, 1.807) is 18.2 Å². The molecule has 0 amide bonds. The van der Waals surface area contributed by atoms with Crippen molar-refractivity contribution >= 4 is 16.6 Å². The molecule has 1 aromatic heterocycles. The number of nitrogens with zero attached hydrogens (tertiary/aromatic N) is 1. The molecule has 0 radical (unpaired) electrons. The number of fused-ring (bicyclic) bond motifs is 1. The van der Waals surface area contributed by atoms with Gasteiger partial charge in [-0.3, -0.25) is 5.10 Å². The van der Waals surface area contributed by atoms with Crippen molar-refractivity contribution in [3.8, 4) is 11.3 Å². The Labute approximate surface area is 101 Å². The molecule has 3 aromatic rings. The Bertz CT molecular complexity index is 734. The summed E-state index contributed by atoms with van der Waals surface area (Å²) in [4.78, 5) is 0. The second kappa shape index (κ2) is 3.80. The van der Waals surface area contributed by atoms with Crippen molar-refractivity contribution in [1.29, 1.82) is 0 Å². The average Bonchev–Trinajstić information content (AvgIpc) is 2.77. The second-order valence-corrected chi connectivity index (χ2v) is 3.97. The molecule has 0 fully saturated rings. The van der Waals surface area contributed by atoms with Crippen LogP contribution in [-0.2, 0) is 0 Å². The normalized spacial score (nSPS) is 11.0. The lowest BCUT2D eigenvalue weighted by molar-refractivity contribution is 0.602. The first-order valence-electron chi connectivity index (χ1n) is 5.35. The van der Waals surface area contributed by atoms with Crippen LogP contribution in [0.2, 0.25) is 0 Å². The maximum atomic E-state index is 13.7. The number of anilines is 1. The van der Waals surface area contributed by atoms with E-state index in [4.69, 9.17) is 5.73 Å². The van der Waals surface area contributed by atoms with E-state index in [2.05, 4.69) is 10.2 Å². The van der Waals surface area contributed by atoms with E-state index in [0.717, 1.165) is 18.2 Å². The van der Waals surface area contributed by atoms with E-state index in [-0.39, 0.29) is 5.56 Å². The largest absolute Gasteiger partial charge is 0.397 e. The van der Waals surface area contributed by atoms with Gasteiger partial charge in [-0.05, 0) is 24.3 Å². The number of hydrogen-bond donors (Lipinski definition) is 2. The highest BCUT2D eigenvalue weighted by molar-refractivity contribution is 5.98. The molecule has 3 rings (SSSR count). The van der Waals surface area contributed by atoms with Crippen molar-refractivity contribution in [2.45, 2.75) is 0 Å². The van der Waals surface area contributed by atoms with Crippen LogP contribution in [0, 0.1) is 11.6 Å². The molecular formula is C13H9F2N3. The molecule has 5 heteroatoms. The van der Waals surface area contributed by atoms with Crippen molar-refractivity contribution in [1.82, 2.24) is 10.2 Å². The number of nitrogens with two attached hydrogens (primary N) is 1. The Kier molecular flexibility index (Phi) is 2.26. The first-order valence-corrected chi connectivity index (χ1v) is 5.35. The summed E-state index contributed by atoms with van der Waals surface area (Å²) in [6.07, 6.45) is 0. The highest BCUT2D eigenvalue weighted by atomic mass is 19.1. The van der Waals surface area contributed by atoms with Crippen molar-refractivity contribution in [3.05, 3.63) is 48.0 Å². The van der Waals surface area contributed by atoms with Crippen LogP contribution < -0.4 is 5.73 Å². The molecule has 3 nitrogen and oxygen atoms in total. The number of benzene rings is 2. The van der Waals surface area contributed by atoms with Gasteiger partial charge in [0, 0.05) is 10.9 Å². The Morgan fingerprint density at radius 1 is 1.11 bits per heavy atom. The van der Waals surface area contributed by atoms with Gasteiger partial charge < -0.3 is 5.73 Å². The molecule has 0 bridgehead atoms. The zero-order valence-corrected chi connectivity index (χ0v) is 9.24. The number of H-pyrrole nitrogens is 1. The maximum Gasteiger partial charge on any atom is 0.132 e. The SMILES string of the molecule is Nc1cccc2c(-c3cc(F)ccc3F)n[nH]c12. The van der Waals surface area contributed by atoms with Gasteiger partial charge in [0.05, 0.1) is 11.2 Å². The number of nitrogens with one attached hydrogen (secondary N) is 1. The zero-order valence-electron chi connectivity index (χ0n) is 9.24. The van der Waals surface area contributed by atoms with Gasteiger partial charge in [-0.2, -0.15) is 5.10 Å². The van der Waals surface area contributed by atoms with Gasteiger partial charge in [0.15, 0.2) is 0 Å². The van der Waals surface area contributed by atoms with Crippen LogP contribution in [-0.4, -0.2) is 10.2 Å². The first kappa shape index (κ1) is 10.7. The smallest absolute Gasteiger partial charge is 0.132 e. The van der Waals surface area contributed by atoms with Gasteiger partial charge in [-0.25, -0.2) is 8.78 Å². The average molecular weight is 245 g/mol.